The van der Waals surface area contributed by atoms with Gasteiger partial charge in [0, 0.05) is 12.6 Å². The molecule has 0 radical (unpaired) electrons. The highest BCUT2D eigenvalue weighted by Gasteiger charge is 2.27. The summed E-state index contributed by atoms with van der Waals surface area (Å²) in [5.41, 5.74) is 1.16. The summed E-state index contributed by atoms with van der Waals surface area (Å²) < 4.78 is 7.71. The first kappa shape index (κ1) is 17.9. The molecule has 1 N–H and O–H groups in total. The second kappa shape index (κ2) is 7.97. The summed E-state index contributed by atoms with van der Waals surface area (Å²) in [7, 11) is 0. The molecule has 1 aliphatic rings. The van der Waals surface area contributed by atoms with Crippen molar-refractivity contribution in [3.8, 4) is 5.75 Å². The summed E-state index contributed by atoms with van der Waals surface area (Å²) in [6, 6.07) is 8.31. The van der Waals surface area contributed by atoms with Gasteiger partial charge in [-0.15, -0.1) is 0 Å². The summed E-state index contributed by atoms with van der Waals surface area (Å²) >= 11 is 0. The normalized spacial score (nSPS) is 19.3. The highest BCUT2D eigenvalue weighted by Crippen LogP contribution is 2.20. The monoisotopic (exact) mass is 344 g/mol. The minimum absolute atomic E-state index is 0.314. The van der Waals surface area contributed by atoms with Crippen molar-refractivity contribution < 1.29 is 9.84 Å². The fourth-order valence-electron chi connectivity index (χ4n) is 3.50. The van der Waals surface area contributed by atoms with Crippen molar-refractivity contribution in [3.05, 3.63) is 41.5 Å². The van der Waals surface area contributed by atoms with E-state index in [0.717, 1.165) is 48.9 Å². The molecule has 2 heterocycles. The van der Waals surface area contributed by atoms with E-state index in [4.69, 9.17) is 4.74 Å². The van der Waals surface area contributed by atoms with Crippen molar-refractivity contribution >= 4 is 0 Å². The lowest BCUT2D eigenvalue weighted by Crippen LogP contribution is -2.40. The second-order valence-corrected chi connectivity index (χ2v) is 6.96. The van der Waals surface area contributed by atoms with E-state index >= 15 is 0 Å². The van der Waals surface area contributed by atoms with E-state index in [1.54, 1.807) is 0 Å². The quantitative estimate of drug-likeness (QED) is 0.833. The molecule has 2 atom stereocenters. The van der Waals surface area contributed by atoms with Gasteiger partial charge >= 0.3 is 0 Å². The molecule has 6 heteroatoms. The zero-order valence-electron chi connectivity index (χ0n) is 15.4. The summed E-state index contributed by atoms with van der Waals surface area (Å²) in [5.74, 6) is 2.58. The van der Waals surface area contributed by atoms with Crippen LogP contribution in [0.4, 0.5) is 0 Å². The van der Waals surface area contributed by atoms with Crippen LogP contribution in [0.5, 0.6) is 5.75 Å². The number of ether oxygens (including phenoxy) is 1. The zero-order valence-corrected chi connectivity index (χ0v) is 15.4. The van der Waals surface area contributed by atoms with E-state index in [2.05, 4.69) is 15.0 Å². The lowest BCUT2D eigenvalue weighted by molar-refractivity contribution is 0.0608. The second-order valence-electron chi connectivity index (χ2n) is 6.96. The van der Waals surface area contributed by atoms with Crippen LogP contribution in [0.25, 0.3) is 0 Å². The molecule has 0 aliphatic carbocycles. The van der Waals surface area contributed by atoms with E-state index in [1.807, 2.05) is 49.7 Å². The topological polar surface area (TPSA) is 63.4 Å². The highest BCUT2D eigenvalue weighted by molar-refractivity contribution is 5.27. The summed E-state index contributed by atoms with van der Waals surface area (Å²) in [4.78, 5) is 6.72. The Morgan fingerprint density at radius 3 is 2.88 bits per heavy atom. The van der Waals surface area contributed by atoms with Gasteiger partial charge < -0.3 is 9.84 Å². The Hall–Kier alpha value is -1.92. The molecule has 0 spiro atoms. The van der Waals surface area contributed by atoms with Gasteiger partial charge in [-0.3, -0.25) is 4.90 Å². The average Bonchev–Trinajstić information content (AvgIpc) is 3.12. The maximum absolute atomic E-state index is 10.4. The molecule has 1 aliphatic heterocycles. The number of hydrogen-bond acceptors (Lipinski definition) is 5. The molecule has 0 saturated carbocycles. The van der Waals surface area contributed by atoms with E-state index in [-0.39, 0.29) is 0 Å². The van der Waals surface area contributed by atoms with Crippen LogP contribution in [0, 0.1) is 20.8 Å². The molecular weight excluding hydrogens is 316 g/mol. The number of rotatable bonds is 7. The van der Waals surface area contributed by atoms with Gasteiger partial charge in [0.1, 0.15) is 30.1 Å². The minimum atomic E-state index is -0.500. The zero-order chi connectivity index (χ0) is 17.8. The number of aryl methyl sites for hydroxylation is 3. The molecular formula is C19H28N4O2. The Morgan fingerprint density at radius 1 is 1.32 bits per heavy atom. The number of aromatic nitrogens is 3. The Balaban J connectivity index is 1.51. The standard InChI is InChI=1S/C19H28N4O2/c1-14-6-4-8-19(10-14)25-13-18(24)12-22-9-5-7-17(22)11-23-16(3)20-15(2)21-23/h4,6,8,10,17-18,24H,5,7,9,11-13H2,1-3H3/t17-,18+/m1/s1. The smallest absolute Gasteiger partial charge is 0.147 e. The van der Waals surface area contributed by atoms with Gasteiger partial charge in [0.05, 0.1) is 6.54 Å². The molecule has 3 rings (SSSR count). The van der Waals surface area contributed by atoms with E-state index < -0.39 is 6.10 Å². The molecule has 1 fully saturated rings. The molecule has 1 aromatic carbocycles. The Bertz CT molecular complexity index is 700. The maximum Gasteiger partial charge on any atom is 0.147 e. The van der Waals surface area contributed by atoms with Crippen molar-refractivity contribution in [1.82, 2.24) is 19.7 Å². The third-order valence-corrected chi connectivity index (χ3v) is 4.72. The molecule has 0 bridgehead atoms. The summed E-state index contributed by atoms with van der Waals surface area (Å²) in [6.07, 6.45) is 1.78. The van der Waals surface area contributed by atoms with Crippen molar-refractivity contribution in [2.75, 3.05) is 19.7 Å². The lowest BCUT2D eigenvalue weighted by Gasteiger charge is -2.27. The predicted molar refractivity (Wildman–Crippen MR) is 96.8 cm³/mol. The summed E-state index contributed by atoms with van der Waals surface area (Å²) in [6.45, 7) is 8.73. The van der Waals surface area contributed by atoms with Gasteiger partial charge in [-0.25, -0.2) is 9.67 Å². The van der Waals surface area contributed by atoms with E-state index in [1.165, 1.54) is 0 Å². The number of hydrogen-bond donors (Lipinski definition) is 1. The van der Waals surface area contributed by atoms with Crippen LogP contribution in [0.2, 0.25) is 0 Å². The van der Waals surface area contributed by atoms with Gasteiger partial charge in [-0.2, -0.15) is 5.10 Å². The first-order valence-corrected chi connectivity index (χ1v) is 9.01. The van der Waals surface area contributed by atoms with Crippen molar-refractivity contribution in [2.45, 2.75) is 52.3 Å². The third kappa shape index (κ3) is 4.80. The largest absolute Gasteiger partial charge is 0.491 e. The Labute approximate surface area is 149 Å². The number of benzene rings is 1. The van der Waals surface area contributed by atoms with Gasteiger partial charge in [0.25, 0.3) is 0 Å². The van der Waals surface area contributed by atoms with Gasteiger partial charge in [0.15, 0.2) is 0 Å². The van der Waals surface area contributed by atoms with Crippen molar-refractivity contribution in [3.63, 3.8) is 0 Å². The first-order chi connectivity index (χ1) is 12.0. The number of nitrogens with zero attached hydrogens (tertiary/aromatic N) is 4. The predicted octanol–water partition coefficient (Wildman–Crippen LogP) is 2.11. The van der Waals surface area contributed by atoms with Crippen LogP contribution >= 0.6 is 0 Å². The first-order valence-electron chi connectivity index (χ1n) is 9.01. The average molecular weight is 344 g/mol. The number of β-amino-alcohol motifs (C(OH)–C–C–N with tert-alkyl or cyclic N) is 1. The van der Waals surface area contributed by atoms with E-state index in [9.17, 15) is 5.11 Å². The van der Waals surface area contributed by atoms with E-state index in [0.29, 0.717) is 19.2 Å². The third-order valence-electron chi connectivity index (χ3n) is 4.72. The number of aliphatic hydroxyl groups is 1. The molecule has 6 nitrogen and oxygen atoms in total. The SMILES string of the molecule is Cc1cccc(OC[C@@H](O)CN2CCC[C@@H]2Cn2nc(C)nc2C)c1. The van der Waals surface area contributed by atoms with Gasteiger partial charge in [0.2, 0.25) is 0 Å². The Morgan fingerprint density at radius 2 is 2.16 bits per heavy atom. The molecule has 0 unspecified atom stereocenters. The lowest BCUT2D eigenvalue weighted by atomic mass is 10.2. The fourth-order valence-corrected chi connectivity index (χ4v) is 3.50. The van der Waals surface area contributed by atoms with Crippen LogP contribution in [0.15, 0.2) is 24.3 Å². The van der Waals surface area contributed by atoms with Crippen LogP contribution in [0.1, 0.15) is 30.1 Å². The van der Waals surface area contributed by atoms with Crippen molar-refractivity contribution in [1.29, 1.82) is 0 Å². The van der Waals surface area contributed by atoms with Crippen LogP contribution in [-0.4, -0.2) is 56.6 Å². The molecule has 0 amide bonds. The molecule has 1 saturated heterocycles. The van der Waals surface area contributed by atoms with Crippen molar-refractivity contribution in [2.24, 2.45) is 0 Å². The fraction of sp³-hybridized carbons (Fsp3) is 0.579. The van der Waals surface area contributed by atoms with Gasteiger partial charge in [-0.1, -0.05) is 12.1 Å². The molecule has 2 aromatic rings. The van der Waals surface area contributed by atoms with Crippen LogP contribution < -0.4 is 4.74 Å². The number of aliphatic hydroxyl groups excluding tert-OH is 1. The molecule has 1 aromatic heterocycles. The highest BCUT2D eigenvalue weighted by atomic mass is 16.5. The molecule has 136 valence electrons. The minimum Gasteiger partial charge on any atom is -0.491 e. The van der Waals surface area contributed by atoms with Crippen LogP contribution in [0.3, 0.4) is 0 Å². The summed E-state index contributed by atoms with van der Waals surface area (Å²) in [5, 5.41) is 14.8. The van der Waals surface area contributed by atoms with Gasteiger partial charge in [-0.05, 0) is 57.9 Å². The molecule has 25 heavy (non-hydrogen) atoms. The Kier molecular flexibility index (Phi) is 5.71. The number of likely N-dealkylation sites (tertiary alicyclic amines) is 1. The maximum atomic E-state index is 10.4. The van der Waals surface area contributed by atoms with Crippen LogP contribution in [-0.2, 0) is 6.54 Å².